The number of amides is 1. The zero-order valence-corrected chi connectivity index (χ0v) is 16.2. The van der Waals surface area contributed by atoms with Gasteiger partial charge in [0.15, 0.2) is 11.5 Å². The van der Waals surface area contributed by atoms with Gasteiger partial charge in [-0.2, -0.15) is 0 Å². The number of carbonyl (C=O) groups is 2. The fraction of sp³-hybridized carbons (Fsp3) is 0.286. The predicted octanol–water partition coefficient (Wildman–Crippen LogP) is 4.56. The van der Waals surface area contributed by atoms with Crippen LogP contribution in [0.25, 0.3) is 0 Å². The van der Waals surface area contributed by atoms with Gasteiger partial charge in [0.05, 0.1) is 11.3 Å². The van der Waals surface area contributed by atoms with E-state index in [9.17, 15) is 14.7 Å². The molecule has 140 valence electrons. The number of halogens is 1. The molecule has 1 N–H and O–H groups in total. The number of benzene rings is 1. The van der Waals surface area contributed by atoms with E-state index in [-0.39, 0.29) is 23.7 Å². The number of anilines is 1. The molecule has 1 atom stereocenters. The van der Waals surface area contributed by atoms with Crippen LogP contribution in [0.4, 0.5) is 5.69 Å². The summed E-state index contributed by atoms with van der Waals surface area (Å²) in [5.41, 5.74) is 1.97. The van der Waals surface area contributed by atoms with Crippen molar-refractivity contribution in [3.8, 4) is 0 Å². The van der Waals surface area contributed by atoms with Gasteiger partial charge in [0.1, 0.15) is 6.04 Å². The van der Waals surface area contributed by atoms with E-state index in [0.717, 1.165) is 5.56 Å². The van der Waals surface area contributed by atoms with Crippen molar-refractivity contribution in [2.45, 2.75) is 33.2 Å². The highest BCUT2D eigenvalue weighted by Gasteiger charge is 2.44. The highest BCUT2D eigenvalue weighted by molar-refractivity contribution is 6.31. The molecule has 5 nitrogen and oxygen atoms in total. The van der Waals surface area contributed by atoms with E-state index < -0.39 is 17.7 Å². The van der Waals surface area contributed by atoms with Crippen molar-refractivity contribution in [1.82, 2.24) is 4.98 Å². The van der Waals surface area contributed by atoms with E-state index in [2.05, 4.69) is 4.98 Å². The SMILES string of the molecule is Cc1ccc(N2C(=O)C(O)=C(C(=O)CC(C)C)C2c2ccccn2)cc1Cl. The second kappa shape index (κ2) is 7.53. The van der Waals surface area contributed by atoms with Gasteiger partial charge in [0, 0.05) is 23.3 Å². The number of aliphatic hydroxyl groups is 1. The molecule has 1 aromatic carbocycles. The second-order valence-corrected chi connectivity index (χ2v) is 7.46. The summed E-state index contributed by atoms with van der Waals surface area (Å²) in [6, 6.07) is 9.70. The Morgan fingerprint density at radius 2 is 2.04 bits per heavy atom. The number of carbonyl (C=O) groups excluding carboxylic acids is 2. The summed E-state index contributed by atoms with van der Waals surface area (Å²) < 4.78 is 0. The molecule has 1 aromatic heterocycles. The molecule has 0 radical (unpaired) electrons. The summed E-state index contributed by atoms with van der Waals surface area (Å²) in [6.07, 6.45) is 1.83. The molecule has 6 heteroatoms. The zero-order chi connectivity index (χ0) is 19.7. The molecular formula is C21H21ClN2O3. The third kappa shape index (κ3) is 3.60. The minimum absolute atomic E-state index is 0.0871. The van der Waals surface area contributed by atoms with Gasteiger partial charge < -0.3 is 5.11 Å². The van der Waals surface area contributed by atoms with E-state index in [0.29, 0.717) is 16.4 Å². The topological polar surface area (TPSA) is 70.5 Å². The van der Waals surface area contributed by atoms with Crippen LogP contribution >= 0.6 is 11.6 Å². The van der Waals surface area contributed by atoms with Gasteiger partial charge in [-0.05, 0) is 42.7 Å². The molecule has 2 aromatic rings. The maximum absolute atomic E-state index is 12.9. The Kier molecular flexibility index (Phi) is 5.33. The molecule has 0 saturated heterocycles. The fourth-order valence-corrected chi connectivity index (χ4v) is 3.36. The maximum atomic E-state index is 12.9. The molecule has 0 aliphatic carbocycles. The summed E-state index contributed by atoms with van der Waals surface area (Å²) in [5.74, 6) is -1.31. The van der Waals surface area contributed by atoms with Crippen LogP contribution < -0.4 is 4.90 Å². The molecule has 1 unspecified atom stereocenters. The molecule has 0 bridgehead atoms. The molecule has 1 aliphatic heterocycles. The second-order valence-electron chi connectivity index (χ2n) is 7.05. The molecule has 0 saturated carbocycles. The van der Waals surface area contributed by atoms with Crippen LogP contribution in [0.3, 0.4) is 0 Å². The summed E-state index contributed by atoms with van der Waals surface area (Å²) in [4.78, 5) is 31.4. The van der Waals surface area contributed by atoms with Gasteiger partial charge in [-0.1, -0.05) is 37.6 Å². The van der Waals surface area contributed by atoms with E-state index in [1.54, 1.807) is 42.6 Å². The Hall–Kier alpha value is -2.66. The largest absolute Gasteiger partial charge is 0.503 e. The Labute approximate surface area is 163 Å². The molecule has 1 amide bonds. The number of hydrogen-bond donors (Lipinski definition) is 1. The number of nitrogens with zero attached hydrogens (tertiary/aromatic N) is 2. The Morgan fingerprint density at radius 3 is 2.63 bits per heavy atom. The summed E-state index contributed by atoms with van der Waals surface area (Å²) in [5, 5.41) is 11.0. The highest BCUT2D eigenvalue weighted by atomic mass is 35.5. The van der Waals surface area contributed by atoms with E-state index in [4.69, 9.17) is 11.6 Å². The van der Waals surface area contributed by atoms with Crippen LogP contribution in [0.1, 0.15) is 37.6 Å². The molecule has 27 heavy (non-hydrogen) atoms. The lowest BCUT2D eigenvalue weighted by Crippen LogP contribution is -2.31. The Bertz CT molecular complexity index is 922. The first-order valence-electron chi connectivity index (χ1n) is 8.78. The molecule has 1 aliphatic rings. The summed E-state index contributed by atoms with van der Waals surface area (Å²) in [6.45, 7) is 5.70. The van der Waals surface area contributed by atoms with Gasteiger partial charge in [0.25, 0.3) is 5.91 Å². The molecule has 0 spiro atoms. The van der Waals surface area contributed by atoms with E-state index >= 15 is 0 Å². The average molecular weight is 385 g/mol. The van der Waals surface area contributed by atoms with Gasteiger partial charge >= 0.3 is 0 Å². The van der Waals surface area contributed by atoms with E-state index in [1.807, 2.05) is 20.8 Å². The lowest BCUT2D eigenvalue weighted by Gasteiger charge is -2.26. The van der Waals surface area contributed by atoms with Crippen molar-refractivity contribution in [1.29, 1.82) is 0 Å². The van der Waals surface area contributed by atoms with Crippen LogP contribution in [-0.4, -0.2) is 21.8 Å². The number of hydrogen-bond acceptors (Lipinski definition) is 4. The maximum Gasteiger partial charge on any atom is 0.294 e. The predicted molar refractivity (Wildman–Crippen MR) is 105 cm³/mol. The number of aryl methyl sites for hydroxylation is 1. The molecule has 0 fully saturated rings. The Morgan fingerprint density at radius 1 is 1.30 bits per heavy atom. The lowest BCUT2D eigenvalue weighted by molar-refractivity contribution is -0.118. The smallest absolute Gasteiger partial charge is 0.294 e. The zero-order valence-electron chi connectivity index (χ0n) is 15.4. The lowest BCUT2D eigenvalue weighted by atomic mass is 9.94. The van der Waals surface area contributed by atoms with E-state index in [1.165, 1.54) is 4.90 Å². The standard InChI is InChI=1S/C21H21ClN2O3/c1-12(2)10-17(25)18-19(16-6-4-5-9-23-16)24(21(27)20(18)26)14-8-7-13(3)15(22)11-14/h4-9,11-12,19,26H,10H2,1-3H3. The van der Waals surface area contributed by atoms with Crippen LogP contribution in [0.2, 0.25) is 5.02 Å². The van der Waals surface area contributed by atoms with Gasteiger partial charge in [-0.25, -0.2) is 0 Å². The molecule has 2 heterocycles. The van der Waals surface area contributed by atoms with Crippen molar-refractivity contribution in [2.24, 2.45) is 5.92 Å². The molecule has 3 rings (SSSR count). The summed E-state index contributed by atoms with van der Waals surface area (Å²) in [7, 11) is 0. The van der Waals surface area contributed by atoms with Crippen LogP contribution in [0.5, 0.6) is 0 Å². The third-order valence-electron chi connectivity index (χ3n) is 4.50. The van der Waals surface area contributed by atoms with Gasteiger partial charge in [0.2, 0.25) is 0 Å². The number of ketones is 1. The number of Topliss-reactive ketones (excluding diaryl/α,β-unsaturated/α-hetero) is 1. The fourth-order valence-electron chi connectivity index (χ4n) is 3.19. The van der Waals surface area contributed by atoms with Gasteiger partial charge in [-0.15, -0.1) is 0 Å². The number of aliphatic hydroxyl groups excluding tert-OH is 1. The first kappa shape index (κ1) is 19.1. The van der Waals surface area contributed by atoms with Crippen molar-refractivity contribution in [3.05, 3.63) is 70.2 Å². The minimum Gasteiger partial charge on any atom is -0.503 e. The number of rotatable bonds is 5. The van der Waals surface area contributed by atoms with Crippen LogP contribution in [0, 0.1) is 12.8 Å². The summed E-state index contributed by atoms with van der Waals surface area (Å²) >= 11 is 6.24. The quantitative estimate of drug-likeness (QED) is 0.820. The first-order valence-corrected chi connectivity index (χ1v) is 9.16. The average Bonchev–Trinajstić information content (AvgIpc) is 2.89. The van der Waals surface area contributed by atoms with Crippen LogP contribution in [-0.2, 0) is 9.59 Å². The first-order chi connectivity index (χ1) is 12.8. The Balaban J connectivity index is 2.14. The van der Waals surface area contributed by atoms with Crippen molar-refractivity contribution >= 4 is 29.0 Å². The van der Waals surface area contributed by atoms with Gasteiger partial charge in [-0.3, -0.25) is 19.5 Å². The highest BCUT2D eigenvalue weighted by Crippen LogP contribution is 2.41. The monoisotopic (exact) mass is 384 g/mol. The van der Waals surface area contributed by atoms with Crippen molar-refractivity contribution in [3.63, 3.8) is 0 Å². The number of pyridine rings is 1. The third-order valence-corrected chi connectivity index (χ3v) is 4.91. The van der Waals surface area contributed by atoms with Crippen molar-refractivity contribution < 1.29 is 14.7 Å². The normalized spacial score (nSPS) is 17.1. The minimum atomic E-state index is -0.788. The van der Waals surface area contributed by atoms with Crippen molar-refractivity contribution in [2.75, 3.05) is 4.90 Å². The molecular weight excluding hydrogens is 364 g/mol. The number of aromatic nitrogens is 1. The van der Waals surface area contributed by atoms with Crippen LogP contribution in [0.15, 0.2) is 53.9 Å².